The van der Waals surface area contributed by atoms with Crippen LogP contribution in [0.4, 0.5) is 16.3 Å². The molecule has 0 unspecified atom stereocenters. The predicted molar refractivity (Wildman–Crippen MR) is 85.9 cm³/mol. The minimum absolute atomic E-state index is 0.0177. The second-order valence-electron chi connectivity index (χ2n) is 4.21. The summed E-state index contributed by atoms with van der Waals surface area (Å²) in [5.74, 6) is 0.0275. The van der Waals surface area contributed by atoms with Crippen molar-refractivity contribution in [1.29, 1.82) is 0 Å². The molecule has 2 aromatic rings. The molecule has 0 saturated carbocycles. The monoisotopic (exact) mass is 373 g/mol. The Morgan fingerprint density at radius 2 is 1.90 bits per heavy atom. The normalized spacial score (nSPS) is 10.7. The summed E-state index contributed by atoms with van der Waals surface area (Å²) in [5.41, 5.74) is 5.89. The molecule has 0 atom stereocenters. The molecule has 0 fully saturated rings. The van der Waals surface area contributed by atoms with Crippen LogP contribution >= 0.6 is 27.5 Å². The Bertz CT molecular complexity index is 663. The van der Waals surface area contributed by atoms with Crippen LogP contribution in [0.2, 0.25) is 5.02 Å². The molecule has 2 N–H and O–H groups in total. The lowest BCUT2D eigenvalue weighted by atomic mass is 10.2. The third kappa shape index (κ3) is 3.24. The van der Waals surface area contributed by atoms with Gasteiger partial charge >= 0.3 is 0 Å². The summed E-state index contributed by atoms with van der Waals surface area (Å²) < 4.78 is 14.7. The van der Waals surface area contributed by atoms with Crippen molar-refractivity contribution in [2.75, 3.05) is 23.7 Å². The van der Waals surface area contributed by atoms with Gasteiger partial charge in [-0.15, -0.1) is 0 Å². The van der Waals surface area contributed by atoms with Crippen LogP contribution in [0.25, 0.3) is 11.4 Å². The number of hydrogen-bond donors (Lipinski definition) is 1. The first-order valence-corrected chi connectivity index (χ1v) is 7.55. The Morgan fingerprint density at radius 1 is 1.24 bits per heavy atom. The summed E-state index contributed by atoms with van der Waals surface area (Å²) >= 11 is 9.06. The molecule has 1 heterocycles. The van der Waals surface area contributed by atoms with Gasteiger partial charge in [-0.05, 0) is 41.9 Å². The highest BCUT2D eigenvalue weighted by Gasteiger charge is 2.17. The van der Waals surface area contributed by atoms with Crippen molar-refractivity contribution in [2.45, 2.75) is 13.8 Å². The smallest absolute Gasteiger partial charge is 0.230 e. The van der Waals surface area contributed by atoms with Crippen LogP contribution in [0.15, 0.2) is 16.6 Å². The molecular formula is C13H14BrClFN5. The number of hydrogen-bond acceptors (Lipinski definition) is 5. The number of benzene rings is 1. The Balaban J connectivity index is 2.57. The molecule has 0 aliphatic carbocycles. The van der Waals surface area contributed by atoms with Crippen molar-refractivity contribution in [3.8, 4) is 11.4 Å². The fraction of sp³-hybridized carbons (Fsp3) is 0.308. The number of aromatic nitrogens is 3. The highest BCUT2D eigenvalue weighted by Crippen LogP contribution is 2.32. The maximum absolute atomic E-state index is 14.3. The van der Waals surface area contributed by atoms with Gasteiger partial charge < -0.3 is 10.6 Å². The molecule has 0 spiro atoms. The Kier molecular flexibility index (Phi) is 4.95. The molecule has 0 saturated heterocycles. The van der Waals surface area contributed by atoms with Crippen LogP contribution in [-0.2, 0) is 0 Å². The lowest BCUT2D eigenvalue weighted by Gasteiger charge is -2.19. The first-order valence-electron chi connectivity index (χ1n) is 6.38. The van der Waals surface area contributed by atoms with E-state index in [4.69, 9.17) is 17.3 Å². The minimum atomic E-state index is -0.595. The zero-order chi connectivity index (χ0) is 15.6. The Labute approximate surface area is 135 Å². The molecule has 8 heteroatoms. The van der Waals surface area contributed by atoms with Crippen molar-refractivity contribution in [2.24, 2.45) is 0 Å². The molecule has 0 aliphatic heterocycles. The fourth-order valence-corrected chi connectivity index (χ4v) is 2.32. The fourth-order valence-electron chi connectivity index (χ4n) is 1.85. The average Bonchev–Trinajstić information content (AvgIpc) is 2.45. The third-order valence-corrected chi connectivity index (χ3v) is 4.22. The van der Waals surface area contributed by atoms with E-state index in [0.29, 0.717) is 23.5 Å². The van der Waals surface area contributed by atoms with E-state index < -0.39 is 5.82 Å². The SMILES string of the molecule is CCN(CC)c1nc(N)nc(-c2ccc(Br)c(Cl)c2F)n1. The summed E-state index contributed by atoms with van der Waals surface area (Å²) in [5, 5.41) is -0.0177. The van der Waals surface area contributed by atoms with Gasteiger partial charge in [0.2, 0.25) is 11.9 Å². The zero-order valence-corrected chi connectivity index (χ0v) is 13.9. The van der Waals surface area contributed by atoms with E-state index in [-0.39, 0.29) is 22.4 Å². The van der Waals surface area contributed by atoms with E-state index in [1.54, 1.807) is 12.1 Å². The topological polar surface area (TPSA) is 67.9 Å². The van der Waals surface area contributed by atoms with Gasteiger partial charge in [-0.25, -0.2) is 4.39 Å². The number of anilines is 2. The molecule has 0 bridgehead atoms. The second-order valence-corrected chi connectivity index (χ2v) is 5.44. The minimum Gasteiger partial charge on any atom is -0.368 e. The van der Waals surface area contributed by atoms with Crippen LogP contribution in [0.1, 0.15) is 13.8 Å². The highest BCUT2D eigenvalue weighted by atomic mass is 79.9. The summed E-state index contributed by atoms with van der Waals surface area (Å²) in [4.78, 5) is 14.3. The summed E-state index contributed by atoms with van der Waals surface area (Å²) in [6.07, 6.45) is 0. The van der Waals surface area contributed by atoms with Crippen LogP contribution in [0, 0.1) is 5.82 Å². The van der Waals surface area contributed by atoms with Gasteiger partial charge in [0, 0.05) is 17.6 Å². The Hall–Kier alpha value is -1.47. The van der Waals surface area contributed by atoms with E-state index in [1.165, 1.54) is 0 Å². The van der Waals surface area contributed by atoms with E-state index in [2.05, 4.69) is 30.9 Å². The number of halogens is 3. The molecule has 112 valence electrons. The number of nitrogens with two attached hydrogens (primary N) is 1. The summed E-state index contributed by atoms with van der Waals surface area (Å²) in [6, 6.07) is 3.18. The van der Waals surface area contributed by atoms with Crippen molar-refractivity contribution >= 4 is 39.4 Å². The molecule has 1 aromatic carbocycles. The molecule has 1 aromatic heterocycles. The van der Waals surface area contributed by atoms with Crippen LogP contribution < -0.4 is 10.6 Å². The van der Waals surface area contributed by atoms with Gasteiger partial charge in [0.1, 0.15) is 0 Å². The second kappa shape index (κ2) is 6.53. The lowest BCUT2D eigenvalue weighted by Crippen LogP contribution is -2.25. The number of rotatable bonds is 4. The van der Waals surface area contributed by atoms with E-state index >= 15 is 0 Å². The van der Waals surface area contributed by atoms with Gasteiger partial charge in [0.25, 0.3) is 0 Å². The lowest BCUT2D eigenvalue weighted by molar-refractivity contribution is 0.629. The first kappa shape index (κ1) is 15.9. The first-order chi connectivity index (χ1) is 9.97. The van der Waals surface area contributed by atoms with Crippen molar-refractivity contribution in [1.82, 2.24) is 15.0 Å². The van der Waals surface area contributed by atoms with Crippen molar-refractivity contribution in [3.05, 3.63) is 27.4 Å². The number of nitrogens with zero attached hydrogens (tertiary/aromatic N) is 4. The van der Waals surface area contributed by atoms with Crippen LogP contribution in [0.3, 0.4) is 0 Å². The number of nitrogen functional groups attached to an aromatic ring is 1. The van der Waals surface area contributed by atoms with Gasteiger partial charge in [-0.1, -0.05) is 11.6 Å². The zero-order valence-electron chi connectivity index (χ0n) is 11.6. The molecule has 0 radical (unpaired) electrons. The van der Waals surface area contributed by atoms with Gasteiger partial charge in [-0.3, -0.25) is 0 Å². The highest BCUT2D eigenvalue weighted by molar-refractivity contribution is 9.10. The van der Waals surface area contributed by atoms with E-state index in [1.807, 2.05) is 18.7 Å². The van der Waals surface area contributed by atoms with E-state index in [0.717, 1.165) is 0 Å². The van der Waals surface area contributed by atoms with Crippen molar-refractivity contribution in [3.63, 3.8) is 0 Å². The van der Waals surface area contributed by atoms with Gasteiger partial charge in [0.05, 0.1) is 10.6 Å². The maximum Gasteiger partial charge on any atom is 0.230 e. The quantitative estimate of drug-likeness (QED) is 0.829. The van der Waals surface area contributed by atoms with Gasteiger partial charge in [-0.2, -0.15) is 15.0 Å². The molecule has 0 amide bonds. The predicted octanol–water partition coefficient (Wildman–Crippen LogP) is 3.52. The maximum atomic E-state index is 14.3. The van der Waals surface area contributed by atoms with Crippen molar-refractivity contribution < 1.29 is 4.39 Å². The molecule has 2 rings (SSSR count). The van der Waals surface area contributed by atoms with Crippen LogP contribution in [0.5, 0.6) is 0 Å². The van der Waals surface area contributed by atoms with Crippen LogP contribution in [-0.4, -0.2) is 28.0 Å². The summed E-state index contributed by atoms with van der Waals surface area (Å²) in [6.45, 7) is 5.37. The van der Waals surface area contributed by atoms with E-state index in [9.17, 15) is 4.39 Å². The molecule has 21 heavy (non-hydrogen) atoms. The molecule has 5 nitrogen and oxygen atoms in total. The largest absolute Gasteiger partial charge is 0.368 e. The standard InChI is InChI=1S/C13H14BrClFN5/c1-3-21(4-2)13-19-11(18-12(17)20-13)7-5-6-8(14)9(15)10(7)16/h5-6H,3-4H2,1-2H3,(H2,17,18,19,20). The Morgan fingerprint density at radius 3 is 2.52 bits per heavy atom. The third-order valence-electron chi connectivity index (χ3n) is 2.96. The summed E-state index contributed by atoms with van der Waals surface area (Å²) in [7, 11) is 0. The molecular weight excluding hydrogens is 361 g/mol. The average molecular weight is 375 g/mol. The van der Waals surface area contributed by atoms with Gasteiger partial charge in [0.15, 0.2) is 11.6 Å². The molecule has 0 aliphatic rings.